The van der Waals surface area contributed by atoms with Gasteiger partial charge in [0.25, 0.3) is 5.91 Å². The third-order valence-corrected chi connectivity index (χ3v) is 7.05. The fourth-order valence-corrected chi connectivity index (χ4v) is 4.78. The summed E-state index contributed by atoms with van der Waals surface area (Å²) in [5.74, 6) is 0.0743. The molecule has 1 aliphatic rings. The molecule has 0 saturated carbocycles. The lowest BCUT2D eigenvalue weighted by molar-refractivity contribution is -0.127. The molecule has 2 aromatic rings. The number of amides is 1. The van der Waals surface area contributed by atoms with E-state index in [0.29, 0.717) is 18.0 Å². The Morgan fingerprint density at radius 2 is 1.81 bits per heavy atom. The van der Waals surface area contributed by atoms with Gasteiger partial charge in [-0.1, -0.05) is 58.9 Å². The maximum atomic E-state index is 13.0. The van der Waals surface area contributed by atoms with Gasteiger partial charge in [0.05, 0.1) is 18.5 Å². The van der Waals surface area contributed by atoms with Crippen molar-refractivity contribution in [2.75, 3.05) is 17.1 Å². The van der Waals surface area contributed by atoms with Gasteiger partial charge in [0.15, 0.2) is 6.10 Å². The number of hydrogen-bond donors (Lipinski definition) is 1. The Hall–Kier alpha value is -2.54. The molecule has 0 unspecified atom stereocenters. The molecule has 7 heteroatoms. The van der Waals surface area contributed by atoms with Crippen LogP contribution in [0.1, 0.15) is 56.9 Å². The van der Waals surface area contributed by atoms with Crippen molar-refractivity contribution in [3.63, 3.8) is 0 Å². The van der Waals surface area contributed by atoms with Gasteiger partial charge in [0.2, 0.25) is 10.0 Å². The molecule has 1 N–H and O–H groups in total. The zero-order valence-corrected chi connectivity index (χ0v) is 20.7. The molecule has 1 amide bonds. The minimum atomic E-state index is -3.58. The molecular formula is C25H34N2O4S. The van der Waals surface area contributed by atoms with Crippen LogP contribution in [-0.2, 0) is 39.6 Å². The van der Waals surface area contributed by atoms with Crippen LogP contribution in [0.15, 0.2) is 36.4 Å². The highest BCUT2D eigenvalue weighted by Crippen LogP contribution is 2.38. The van der Waals surface area contributed by atoms with Gasteiger partial charge in [-0.15, -0.1) is 0 Å². The summed E-state index contributed by atoms with van der Waals surface area (Å²) in [5, 5.41) is 2.95. The van der Waals surface area contributed by atoms with Gasteiger partial charge in [-0.3, -0.25) is 9.10 Å². The summed E-state index contributed by atoms with van der Waals surface area (Å²) in [4.78, 5) is 13.0. The van der Waals surface area contributed by atoms with Crippen LogP contribution < -0.4 is 14.4 Å². The largest absolute Gasteiger partial charge is 0.476 e. The van der Waals surface area contributed by atoms with Crippen molar-refractivity contribution < 1.29 is 17.9 Å². The second kappa shape index (κ2) is 9.14. The molecule has 0 spiro atoms. The van der Waals surface area contributed by atoms with Crippen LogP contribution in [0.2, 0.25) is 0 Å². The van der Waals surface area contributed by atoms with Crippen LogP contribution in [0.25, 0.3) is 0 Å². The first-order valence-electron chi connectivity index (χ1n) is 11.1. The molecule has 0 saturated heterocycles. The maximum absolute atomic E-state index is 13.0. The monoisotopic (exact) mass is 458 g/mol. The Bertz CT molecular complexity index is 1100. The van der Waals surface area contributed by atoms with Crippen molar-refractivity contribution in [1.82, 2.24) is 5.32 Å². The van der Waals surface area contributed by atoms with E-state index in [2.05, 4.69) is 58.1 Å². The quantitative estimate of drug-likeness (QED) is 0.711. The predicted octanol–water partition coefficient (Wildman–Crippen LogP) is 3.95. The van der Waals surface area contributed by atoms with Crippen molar-refractivity contribution in [1.29, 1.82) is 0 Å². The van der Waals surface area contributed by atoms with Gasteiger partial charge >= 0.3 is 0 Å². The van der Waals surface area contributed by atoms with E-state index in [-0.39, 0.29) is 17.9 Å². The highest BCUT2D eigenvalue weighted by atomic mass is 32.2. The summed E-state index contributed by atoms with van der Waals surface area (Å²) in [6.45, 7) is 10.7. The number of rotatable bonds is 6. The van der Waals surface area contributed by atoms with E-state index >= 15 is 0 Å². The van der Waals surface area contributed by atoms with E-state index in [1.807, 2.05) is 12.1 Å². The molecule has 0 radical (unpaired) electrons. The average Bonchev–Trinajstić information content (AvgIpc) is 2.74. The summed E-state index contributed by atoms with van der Waals surface area (Å²) in [5.41, 5.74) is 4.81. The molecule has 174 valence electrons. The summed E-state index contributed by atoms with van der Waals surface area (Å²) in [7, 11) is -3.58. The molecule has 0 bridgehead atoms. The van der Waals surface area contributed by atoms with E-state index in [1.54, 1.807) is 6.07 Å². The van der Waals surface area contributed by atoms with Crippen LogP contribution in [0.5, 0.6) is 5.75 Å². The molecule has 3 rings (SSSR count). The Morgan fingerprint density at radius 3 is 2.41 bits per heavy atom. The number of anilines is 1. The first kappa shape index (κ1) is 24.1. The number of aryl methyl sites for hydroxylation is 2. The van der Waals surface area contributed by atoms with E-state index in [4.69, 9.17) is 4.74 Å². The number of sulfonamides is 1. The lowest BCUT2D eigenvalue weighted by Gasteiger charge is -2.35. The van der Waals surface area contributed by atoms with Gasteiger partial charge in [-0.05, 0) is 52.6 Å². The molecule has 32 heavy (non-hydrogen) atoms. The SMILES string of the molecule is CCc1ccc(CC)c(CNC(=O)[C@H]2CN(S(C)(=O)=O)c3cc(C(C)(C)C)ccc3O2)c1. The van der Waals surface area contributed by atoms with Gasteiger partial charge in [0.1, 0.15) is 5.75 Å². The highest BCUT2D eigenvalue weighted by molar-refractivity contribution is 7.92. The van der Waals surface area contributed by atoms with Crippen LogP contribution in [0.3, 0.4) is 0 Å². The van der Waals surface area contributed by atoms with Gasteiger partial charge in [-0.2, -0.15) is 0 Å². The zero-order valence-electron chi connectivity index (χ0n) is 19.9. The maximum Gasteiger partial charge on any atom is 0.263 e. The molecule has 6 nitrogen and oxygen atoms in total. The Labute approximate surface area is 192 Å². The number of fused-ring (bicyclic) bond motifs is 1. The molecular weight excluding hydrogens is 424 g/mol. The number of benzene rings is 2. The molecule has 2 aromatic carbocycles. The summed E-state index contributed by atoms with van der Waals surface area (Å²) >= 11 is 0. The number of carbonyl (C=O) groups is 1. The summed E-state index contributed by atoms with van der Waals surface area (Å²) < 4.78 is 32.3. The third kappa shape index (κ3) is 5.26. The second-order valence-electron chi connectivity index (χ2n) is 9.36. The Morgan fingerprint density at radius 1 is 1.09 bits per heavy atom. The van der Waals surface area contributed by atoms with Gasteiger partial charge in [-0.25, -0.2) is 8.42 Å². The van der Waals surface area contributed by atoms with Crippen molar-refractivity contribution in [3.05, 3.63) is 58.7 Å². The van der Waals surface area contributed by atoms with Crippen LogP contribution in [0, 0.1) is 0 Å². The summed E-state index contributed by atoms with van der Waals surface area (Å²) in [6, 6.07) is 11.9. The molecule has 1 heterocycles. The highest BCUT2D eigenvalue weighted by Gasteiger charge is 2.35. The lowest BCUT2D eigenvalue weighted by atomic mass is 9.86. The van der Waals surface area contributed by atoms with Crippen LogP contribution >= 0.6 is 0 Å². The third-order valence-electron chi connectivity index (χ3n) is 5.90. The second-order valence-corrected chi connectivity index (χ2v) is 11.3. The molecule has 0 aliphatic carbocycles. The predicted molar refractivity (Wildman–Crippen MR) is 129 cm³/mol. The van der Waals surface area contributed by atoms with Gasteiger partial charge < -0.3 is 10.1 Å². The fraction of sp³-hybridized carbons (Fsp3) is 0.480. The smallest absolute Gasteiger partial charge is 0.263 e. The van der Waals surface area contributed by atoms with Gasteiger partial charge in [0, 0.05) is 6.54 Å². The number of nitrogens with zero attached hydrogens (tertiary/aromatic N) is 1. The van der Waals surface area contributed by atoms with Crippen molar-refractivity contribution >= 4 is 21.6 Å². The minimum absolute atomic E-state index is 0.0547. The van der Waals surface area contributed by atoms with Crippen molar-refractivity contribution in [3.8, 4) is 5.75 Å². The molecule has 0 fully saturated rings. The van der Waals surface area contributed by atoms with E-state index in [9.17, 15) is 13.2 Å². The molecule has 0 aromatic heterocycles. The Kier molecular flexibility index (Phi) is 6.89. The molecule has 1 atom stereocenters. The van der Waals surface area contributed by atoms with Crippen LogP contribution in [0.4, 0.5) is 5.69 Å². The number of carbonyl (C=O) groups excluding carboxylic acids is 1. The number of hydrogen-bond acceptors (Lipinski definition) is 4. The number of ether oxygens (including phenoxy) is 1. The molecule has 1 aliphatic heterocycles. The first-order chi connectivity index (χ1) is 14.9. The average molecular weight is 459 g/mol. The zero-order chi connectivity index (χ0) is 23.7. The minimum Gasteiger partial charge on any atom is -0.476 e. The lowest BCUT2D eigenvalue weighted by Crippen LogP contribution is -2.50. The normalized spacial score (nSPS) is 16.3. The summed E-state index contributed by atoms with van der Waals surface area (Å²) in [6.07, 6.45) is 2.04. The van der Waals surface area contributed by atoms with Crippen molar-refractivity contribution in [2.45, 2.75) is 65.5 Å². The Balaban J connectivity index is 1.84. The fourth-order valence-electron chi connectivity index (χ4n) is 3.87. The van der Waals surface area contributed by atoms with E-state index < -0.39 is 16.1 Å². The standard InChI is InChI=1S/C25H34N2O4S/c1-7-17-9-10-18(8-2)19(13-17)15-26-24(28)23-16-27(32(6,29)30)21-14-20(25(3,4)5)11-12-22(21)31-23/h9-14,23H,7-8,15-16H2,1-6H3,(H,26,28)/t23-/m1/s1. The van der Waals surface area contributed by atoms with Crippen molar-refractivity contribution in [2.24, 2.45) is 0 Å². The topological polar surface area (TPSA) is 75.7 Å². The number of nitrogens with one attached hydrogen (secondary N) is 1. The first-order valence-corrected chi connectivity index (χ1v) is 13.0. The van der Waals surface area contributed by atoms with Crippen LogP contribution in [-0.4, -0.2) is 33.2 Å². The van der Waals surface area contributed by atoms with E-state index in [0.717, 1.165) is 30.2 Å². The van der Waals surface area contributed by atoms with E-state index in [1.165, 1.54) is 15.4 Å².